The van der Waals surface area contributed by atoms with Gasteiger partial charge in [-0.05, 0) is 29.7 Å². The van der Waals surface area contributed by atoms with Gasteiger partial charge < -0.3 is 9.84 Å². The predicted molar refractivity (Wildman–Crippen MR) is 121 cm³/mol. The number of phenolic OH excluding ortho intramolecular Hbond substituents is 1. The number of hydrogen-bond donors (Lipinski definition) is 4. The number of carbonyl (C=O) groups excluding carboxylic acids is 2. The standard InChI is InChI=1S/C23H21BrN2O5/c1-14(9-12-21(28)26-30)22(18-13-16(24)10-11-20(18)27)31-23(29)25-19-8-4-6-15-5-2-3-7-17(15)19/h2-14,22,27,30H,1H3,(H,25,29)(H,26,28)/b12-9+/t14-,22-/m0/s1. The molecular formula is C23H21BrN2O5. The number of nitrogens with one attached hydrogen (secondary N) is 2. The molecule has 31 heavy (non-hydrogen) atoms. The Morgan fingerprint density at radius 1 is 1.10 bits per heavy atom. The summed E-state index contributed by atoms with van der Waals surface area (Å²) >= 11 is 3.35. The monoisotopic (exact) mass is 484 g/mol. The van der Waals surface area contributed by atoms with E-state index >= 15 is 0 Å². The van der Waals surface area contributed by atoms with Gasteiger partial charge in [-0.1, -0.05) is 65.3 Å². The highest BCUT2D eigenvalue weighted by Crippen LogP contribution is 2.35. The molecule has 0 fully saturated rings. The molecule has 0 radical (unpaired) electrons. The van der Waals surface area contributed by atoms with Crippen molar-refractivity contribution in [2.45, 2.75) is 13.0 Å². The van der Waals surface area contributed by atoms with Gasteiger partial charge >= 0.3 is 6.09 Å². The van der Waals surface area contributed by atoms with E-state index in [0.29, 0.717) is 15.7 Å². The summed E-state index contributed by atoms with van der Waals surface area (Å²) in [6, 6.07) is 17.9. The quantitative estimate of drug-likeness (QED) is 0.216. The first kappa shape index (κ1) is 22.3. The van der Waals surface area contributed by atoms with Gasteiger partial charge in [0.2, 0.25) is 0 Å². The predicted octanol–water partition coefficient (Wildman–Crippen LogP) is 5.30. The summed E-state index contributed by atoms with van der Waals surface area (Å²) in [5.41, 5.74) is 2.46. The number of halogens is 1. The van der Waals surface area contributed by atoms with E-state index in [-0.39, 0.29) is 5.75 Å². The Hall–Kier alpha value is -3.36. The number of hydroxylamine groups is 1. The number of rotatable bonds is 6. The van der Waals surface area contributed by atoms with Crippen molar-refractivity contribution >= 4 is 44.4 Å². The summed E-state index contributed by atoms with van der Waals surface area (Å²) in [6.45, 7) is 1.72. The van der Waals surface area contributed by atoms with Crippen LogP contribution in [0.4, 0.5) is 10.5 Å². The molecule has 160 valence electrons. The fourth-order valence-corrected chi connectivity index (χ4v) is 3.55. The van der Waals surface area contributed by atoms with Gasteiger partial charge in [0.25, 0.3) is 5.91 Å². The average molecular weight is 485 g/mol. The molecule has 0 saturated heterocycles. The minimum absolute atomic E-state index is 0.0574. The number of carbonyl (C=O) groups is 2. The van der Waals surface area contributed by atoms with Gasteiger partial charge in [0, 0.05) is 27.4 Å². The van der Waals surface area contributed by atoms with Crippen LogP contribution in [0.15, 0.2) is 77.3 Å². The maximum absolute atomic E-state index is 12.8. The van der Waals surface area contributed by atoms with Crippen LogP contribution in [0, 0.1) is 5.92 Å². The Morgan fingerprint density at radius 2 is 1.84 bits per heavy atom. The van der Waals surface area contributed by atoms with E-state index in [0.717, 1.165) is 16.8 Å². The maximum Gasteiger partial charge on any atom is 0.412 e. The molecule has 0 spiro atoms. The molecule has 0 heterocycles. The minimum atomic E-state index is -0.907. The molecule has 0 bridgehead atoms. The molecule has 0 aromatic heterocycles. The summed E-state index contributed by atoms with van der Waals surface area (Å²) in [7, 11) is 0. The van der Waals surface area contributed by atoms with Crippen LogP contribution in [-0.4, -0.2) is 22.3 Å². The Labute approximate surface area is 187 Å². The molecule has 0 aliphatic heterocycles. The Balaban J connectivity index is 1.88. The van der Waals surface area contributed by atoms with Crippen molar-refractivity contribution in [3.05, 3.63) is 82.9 Å². The van der Waals surface area contributed by atoms with Crippen LogP contribution in [-0.2, 0) is 9.53 Å². The number of amides is 2. The Morgan fingerprint density at radius 3 is 2.61 bits per heavy atom. The van der Waals surface area contributed by atoms with Crippen molar-refractivity contribution in [3.63, 3.8) is 0 Å². The molecule has 0 unspecified atom stereocenters. The maximum atomic E-state index is 12.8. The number of hydrogen-bond acceptors (Lipinski definition) is 5. The van der Waals surface area contributed by atoms with Crippen molar-refractivity contribution < 1.29 is 24.6 Å². The lowest BCUT2D eigenvalue weighted by atomic mass is 9.96. The van der Waals surface area contributed by atoms with Gasteiger partial charge in [-0.15, -0.1) is 0 Å². The molecule has 3 rings (SSSR count). The van der Waals surface area contributed by atoms with E-state index in [4.69, 9.17) is 9.94 Å². The summed E-state index contributed by atoms with van der Waals surface area (Å²) in [4.78, 5) is 24.1. The molecule has 4 N–H and O–H groups in total. The molecule has 2 amide bonds. The van der Waals surface area contributed by atoms with Crippen LogP contribution >= 0.6 is 15.9 Å². The van der Waals surface area contributed by atoms with Crippen LogP contribution in [0.1, 0.15) is 18.6 Å². The van der Waals surface area contributed by atoms with Crippen LogP contribution in [0.5, 0.6) is 5.75 Å². The Kier molecular flexibility index (Phi) is 7.28. The summed E-state index contributed by atoms with van der Waals surface area (Å²) in [6.07, 6.45) is 0.975. The van der Waals surface area contributed by atoms with E-state index in [9.17, 15) is 14.7 Å². The van der Waals surface area contributed by atoms with Gasteiger partial charge in [-0.25, -0.2) is 10.3 Å². The van der Waals surface area contributed by atoms with Crippen molar-refractivity contribution in [2.75, 3.05) is 5.32 Å². The van der Waals surface area contributed by atoms with Gasteiger partial charge in [0.15, 0.2) is 0 Å². The molecule has 3 aromatic carbocycles. The Bertz CT molecular complexity index is 1130. The van der Waals surface area contributed by atoms with E-state index in [2.05, 4.69) is 21.2 Å². The molecule has 2 atom stereocenters. The zero-order valence-electron chi connectivity index (χ0n) is 16.6. The third kappa shape index (κ3) is 5.62. The SMILES string of the molecule is C[C@@H](/C=C/C(=O)NO)[C@H](OC(=O)Nc1cccc2ccccc12)c1cc(Br)ccc1O. The fraction of sp³-hybridized carbons (Fsp3) is 0.130. The first-order valence-corrected chi connectivity index (χ1v) is 10.2. The number of aromatic hydroxyl groups is 1. The van der Waals surface area contributed by atoms with E-state index in [1.807, 2.05) is 36.4 Å². The van der Waals surface area contributed by atoms with Crippen molar-refractivity contribution in [1.29, 1.82) is 0 Å². The molecule has 0 aliphatic rings. The zero-order valence-corrected chi connectivity index (χ0v) is 18.2. The molecule has 7 nitrogen and oxygen atoms in total. The van der Waals surface area contributed by atoms with E-state index in [1.165, 1.54) is 17.6 Å². The van der Waals surface area contributed by atoms with E-state index in [1.54, 1.807) is 25.1 Å². The number of ether oxygens (including phenoxy) is 1. The summed E-state index contributed by atoms with van der Waals surface area (Å²) in [5.74, 6) is -1.28. The second-order valence-electron chi connectivity index (χ2n) is 6.88. The van der Waals surface area contributed by atoms with Gasteiger partial charge in [0.1, 0.15) is 11.9 Å². The smallest absolute Gasteiger partial charge is 0.412 e. The lowest BCUT2D eigenvalue weighted by molar-refractivity contribution is -0.124. The third-order valence-corrected chi connectivity index (χ3v) is 5.19. The van der Waals surface area contributed by atoms with Crippen LogP contribution in [0.25, 0.3) is 10.8 Å². The molecule has 8 heteroatoms. The minimum Gasteiger partial charge on any atom is -0.508 e. The van der Waals surface area contributed by atoms with E-state index < -0.39 is 24.0 Å². The molecule has 0 saturated carbocycles. The summed E-state index contributed by atoms with van der Waals surface area (Å²) < 4.78 is 6.36. The van der Waals surface area contributed by atoms with Crippen LogP contribution in [0.3, 0.4) is 0 Å². The number of benzene rings is 3. The van der Waals surface area contributed by atoms with Gasteiger partial charge in [-0.3, -0.25) is 15.3 Å². The second-order valence-corrected chi connectivity index (χ2v) is 7.79. The highest BCUT2D eigenvalue weighted by molar-refractivity contribution is 9.10. The molecular weight excluding hydrogens is 464 g/mol. The molecule has 3 aromatic rings. The van der Waals surface area contributed by atoms with Crippen molar-refractivity contribution in [1.82, 2.24) is 5.48 Å². The van der Waals surface area contributed by atoms with Gasteiger partial charge in [-0.2, -0.15) is 0 Å². The second kappa shape index (κ2) is 10.1. The summed E-state index contributed by atoms with van der Waals surface area (Å²) in [5, 5.41) is 23.6. The normalized spacial score (nSPS) is 13.0. The first-order chi connectivity index (χ1) is 14.9. The largest absolute Gasteiger partial charge is 0.508 e. The zero-order chi connectivity index (χ0) is 22.4. The number of anilines is 1. The van der Waals surface area contributed by atoms with Gasteiger partial charge in [0.05, 0.1) is 5.69 Å². The van der Waals surface area contributed by atoms with Crippen LogP contribution < -0.4 is 10.8 Å². The fourth-order valence-electron chi connectivity index (χ4n) is 3.17. The number of phenols is 1. The highest BCUT2D eigenvalue weighted by atomic mass is 79.9. The third-order valence-electron chi connectivity index (χ3n) is 4.70. The van der Waals surface area contributed by atoms with Crippen molar-refractivity contribution in [3.8, 4) is 5.75 Å². The lowest BCUT2D eigenvalue weighted by Gasteiger charge is -2.24. The van der Waals surface area contributed by atoms with Crippen molar-refractivity contribution in [2.24, 2.45) is 5.92 Å². The topological polar surface area (TPSA) is 108 Å². The first-order valence-electron chi connectivity index (χ1n) is 9.45. The van der Waals surface area contributed by atoms with Crippen LogP contribution in [0.2, 0.25) is 0 Å². The number of fused-ring (bicyclic) bond motifs is 1. The lowest BCUT2D eigenvalue weighted by Crippen LogP contribution is -2.22. The average Bonchev–Trinajstić information content (AvgIpc) is 2.77. The molecule has 0 aliphatic carbocycles. The highest BCUT2D eigenvalue weighted by Gasteiger charge is 2.25.